The highest BCUT2D eigenvalue weighted by molar-refractivity contribution is 6.33. The molecule has 0 radical (unpaired) electrons. The van der Waals surface area contributed by atoms with Gasteiger partial charge in [0.2, 0.25) is 0 Å². The van der Waals surface area contributed by atoms with Gasteiger partial charge in [-0.2, -0.15) is 0 Å². The van der Waals surface area contributed by atoms with Crippen molar-refractivity contribution in [3.05, 3.63) is 66.7 Å². The van der Waals surface area contributed by atoms with Crippen LogP contribution < -0.4 is 5.32 Å². The Morgan fingerprint density at radius 1 is 0.957 bits per heavy atom. The van der Waals surface area contributed by atoms with Crippen LogP contribution in [-0.4, -0.2) is 16.2 Å². The van der Waals surface area contributed by atoms with Crippen molar-refractivity contribution in [2.24, 2.45) is 4.99 Å². The Labute approximate surface area is 139 Å². The van der Waals surface area contributed by atoms with Gasteiger partial charge in [0.15, 0.2) is 0 Å². The lowest BCUT2D eigenvalue weighted by atomic mass is 10.3. The van der Waals surface area contributed by atoms with Gasteiger partial charge in [0.1, 0.15) is 10.0 Å². The average Bonchev–Trinajstić information content (AvgIpc) is 2.50. The molecular weight excluding hydrogens is 347 g/mol. The van der Waals surface area contributed by atoms with E-state index in [2.05, 4.69) is 10.3 Å². The summed E-state index contributed by atoms with van der Waals surface area (Å²) >= 11 is 11.4. The van der Waals surface area contributed by atoms with E-state index in [4.69, 9.17) is 23.2 Å². The van der Waals surface area contributed by atoms with Gasteiger partial charge < -0.3 is 5.32 Å². The van der Waals surface area contributed by atoms with Crippen molar-refractivity contribution in [2.75, 3.05) is 5.32 Å². The number of nitro benzene ring substituents is 2. The van der Waals surface area contributed by atoms with Crippen LogP contribution in [0.2, 0.25) is 10.0 Å². The summed E-state index contributed by atoms with van der Waals surface area (Å²) in [4.78, 5) is 24.3. The normalized spacial score (nSPS) is 10.7. The van der Waals surface area contributed by atoms with Crippen molar-refractivity contribution >= 4 is 52.3 Å². The molecule has 0 aliphatic carbocycles. The number of nitrogens with zero attached hydrogens (tertiary/aromatic N) is 3. The Balaban J connectivity index is 2.16. The second-order valence-electron chi connectivity index (χ2n) is 4.22. The molecule has 23 heavy (non-hydrogen) atoms. The fourth-order valence-electron chi connectivity index (χ4n) is 1.64. The van der Waals surface area contributed by atoms with E-state index in [1.807, 2.05) is 0 Å². The van der Waals surface area contributed by atoms with E-state index in [-0.39, 0.29) is 21.4 Å². The van der Waals surface area contributed by atoms with Crippen molar-refractivity contribution in [1.29, 1.82) is 0 Å². The monoisotopic (exact) mass is 354 g/mol. The molecule has 10 heteroatoms. The number of hydrogen-bond donors (Lipinski definition) is 1. The lowest BCUT2D eigenvalue weighted by Gasteiger charge is -2.02. The van der Waals surface area contributed by atoms with Crippen molar-refractivity contribution in [3.63, 3.8) is 0 Å². The van der Waals surface area contributed by atoms with Gasteiger partial charge >= 0.3 is 0 Å². The zero-order valence-electron chi connectivity index (χ0n) is 11.3. The second-order valence-corrected chi connectivity index (χ2v) is 5.03. The van der Waals surface area contributed by atoms with Crippen LogP contribution in [0.4, 0.5) is 22.7 Å². The summed E-state index contributed by atoms with van der Waals surface area (Å²) in [6, 6.07) is 8.23. The van der Waals surface area contributed by atoms with E-state index in [1.54, 1.807) is 0 Å². The van der Waals surface area contributed by atoms with Crippen molar-refractivity contribution < 1.29 is 9.85 Å². The smallest absolute Gasteiger partial charge is 0.290 e. The Morgan fingerprint density at radius 3 is 2.13 bits per heavy atom. The van der Waals surface area contributed by atoms with Crippen LogP contribution in [0.1, 0.15) is 0 Å². The van der Waals surface area contributed by atoms with Crippen molar-refractivity contribution in [1.82, 2.24) is 0 Å². The molecule has 0 saturated carbocycles. The van der Waals surface area contributed by atoms with Crippen LogP contribution in [0.25, 0.3) is 0 Å². The quantitative estimate of drug-likeness (QED) is 0.365. The number of anilines is 1. The van der Waals surface area contributed by atoms with Crippen LogP contribution in [0.15, 0.2) is 41.4 Å². The molecule has 0 bridgehead atoms. The molecular formula is C13H8Cl2N4O4. The van der Waals surface area contributed by atoms with E-state index in [0.29, 0.717) is 11.4 Å². The standard InChI is InChI=1S/C13H8Cl2N4O4/c14-10-3-1-8(5-12(10)18(20)21)16-7-17-9-2-4-11(15)13(6-9)19(22)23/h1-7H,(H,16,17). The molecule has 0 atom stereocenters. The highest BCUT2D eigenvalue weighted by Crippen LogP contribution is 2.29. The highest BCUT2D eigenvalue weighted by Gasteiger charge is 2.13. The Morgan fingerprint density at radius 2 is 1.52 bits per heavy atom. The molecule has 8 nitrogen and oxygen atoms in total. The van der Waals surface area contributed by atoms with E-state index >= 15 is 0 Å². The molecule has 2 aromatic carbocycles. The minimum absolute atomic E-state index is 0.00948. The maximum Gasteiger partial charge on any atom is 0.290 e. The van der Waals surface area contributed by atoms with Gasteiger partial charge in [0, 0.05) is 17.8 Å². The topological polar surface area (TPSA) is 111 Å². The van der Waals surface area contributed by atoms with Gasteiger partial charge in [-0.25, -0.2) is 4.99 Å². The van der Waals surface area contributed by atoms with E-state index in [1.165, 1.54) is 42.7 Å². The highest BCUT2D eigenvalue weighted by atomic mass is 35.5. The number of nitrogens with one attached hydrogen (secondary N) is 1. The first-order valence-corrected chi connectivity index (χ1v) is 6.81. The summed E-state index contributed by atoms with van der Waals surface area (Å²) < 4.78 is 0. The first-order chi connectivity index (χ1) is 10.9. The lowest BCUT2D eigenvalue weighted by molar-refractivity contribution is -0.384. The average molecular weight is 355 g/mol. The Kier molecular flexibility index (Phi) is 5.09. The van der Waals surface area contributed by atoms with Gasteiger partial charge in [-0.1, -0.05) is 23.2 Å². The molecule has 0 saturated heterocycles. The van der Waals surface area contributed by atoms with Crippen LogP contribution in [0.3, 0.4) is 0 Å². The van der Waals surface area contributed by atoms with Crippen LogP contribution in [-0.2, 0) is 0 Å². The minimum Gasteiger partial charge on any atom is -0.346 e. The first-order valence-electron chi connectivity index (χ1n) is 6.05. The fraction of sp³-hybridized carbons (Fsp3) is 0. The van der Waals surface area contributed by atoms with Gasteiger partial charge in [0.05, 0.1) is 21.9 Å². The second kappa shape index (κ2) is 7.03. The van der Waals surface area contributed by atoms with Crippen LogP contribution in [0, 0.1) is 20.2 Å². The third-order valence-electron chi connectivity index (χ3n) is 2.71. The molecule has 2 rings (SSSR count). The predicted molar refractivity (Wildman–Crippen MR) is 88.0 cm³/mol. The minimum atomic E-state index is -0.614. The third kappa shape index (κ3) is 4.15. The van der Waals surface area contributed by atoms with E-state index in [9.17, 15) is 20.2 Å². The van der Waals surface area contributed by atoms with E-state index in [0.717, 1.165) is 0 Å². The summed E-state index contributed by atoms with van der Waals surface area (Å²) in [5, 5.41) is 24.3. The van der Waals surface area contributed by atoms with Gasteiger partial charge in [-0.15, -0.1) is 0 Å². The predicted octanol–water partition coefficient (Wildman–Crippen LogP) is 4.58. The molecule has 0 heterocycles. The molecule has 118 valence electrons. The summed E-state index contributed by atoms with van der Waals surface area (Å²) in [6.07, 6.45) is 1.25. The maximum absolute atomic E-state index is 10.8. The Hall–Kier alpha value is -2.71. The lowest BCUT2D eigenvalue weighted by Crippen LogP contribution is -1.96. The molecule has 0 unspecified atom stereocenters. The molecule has 0 spiro atoms. The summed E-state index contributed by atoms with van der Waals surface area (Å²) in [7, 11) is 0. The van der Waals surface area contributed by atoms with Gasteiger partial charge in [-0.3, -0.25) is 20.2 Å². The molecule has 0 aliphatic heterocycles. The number of hydrogen-bond acceptors (Lipinski definition) is 5. The number of benzene rings is 2. The third-order valence-corrected chi connectivity index (χ3v) is 3.35. The van der Waals surface area contributed by atoms with E-state index < -0.39 is 9.85 Å². The number of rotatable bonds is 5. The summed E-state index contributed by atoms with van der Waals surface area (Å²) in [5.41, 5.74) is 0.195. The summed E-state index contributed by atoms with van der Waals surface area (Å²) in [5.74, 6) is 0. The largest absolute Gasteiger partial charge is 0.346 e. The van der Waals surface area contributed by atoms with Gasteiger partial charge in [0.25, 0.3) is 11.4 Å². The molecule has 1 N–H and O–H groups in total. The number of aliphatic imine (C=N–C) groups is 1. The molecule has 2 aromatic rings. The first kappa shape index (κ1) is 16.7. The van der Waals surface area contributed by atoms with Gasteiger partial charge in [-0.05, 0) is 24.3 Å². The van der Waals surface area contributed by atoms with Crippen molar-refractivity contribution in [2.45, 2.75) is 0 Å². The van der Waals surface area contributed by atoms with Crippen LogP contribution in [0.5, 0.6) is 0 Å². The molecule has 0 aromatic heterocycles. The SMILES string of the molecule is O=[N+]([O-])c1cc(N=CNc2ccc(Cl)c([N+](=O)[O-])c2)ccc1Cl. The fourth-order valence-corrected chi connectivity index (χ4v) is 2.02. The zero-order valence-corrected chi connectivity index (χ0v) is 12.8. The van der Waals surface area contributed by atoms with Crippen molar-refractivity contribution in [3.8, 4) is 0 Å². The summed E-state index contributed by atoms with van der Waals surface area (Å²) in [6.45, 7) is 0. The molecule has 0 aliphatic rings. The molecule has 0 fully saturated rings. The number of nitro groups is 2. The molecule has 0 amide bonds. The number of halogens is 2. The Bertz CT molecular complexity index is 811. The maximum atomic E-state index is 10.8. The van der Waals surface area contributed by atoms with Crippen LogP contribution >= 0.6 is 23.2 Å². The zero-order chi connectivity index (χ0) is 17.0.